The van der Waals surface area contributed by atoms with Gasteiger partial charge in [0.1, 0.15) is 12.0 Å². The van der Waals surface area contributed by atoms with Crippen molar-refractivity contribution >= 4 is 33.3 Å². The Balaban J connectivity index is 1.62. The molecule has 1 fully saturated rings. The van der Waals surface area contributed by atoms with Gasteiger partial charge >= 0.3 is 0 Å². The molecule has 0 unspecified atom stereocenters. The van der Waals surface area contributed by atoms with Gasteiger partial charge < -0.3 is 19.3 Å². The van der Waals surface area contributed by atoms with Crippen molar-refractivity contribution in [1.82, 2.24) is 9.88 Å². The van der Waals surface area contributed by atoms with Gasteiger partial charge in [-0.2, -0.15) is 0 Å². The number of halogens is 1. The number of nitro groups is 1. The summed E-state index contributed by atoms with van der Waals surface area (Å²) in [4.78, 5) is 31.2. The number of rotatable bonds is 8. The van der Waals surface area contributed by atoms with E-state index in [2.05, 4.69) is 20.9 Å². The van der Waals surface area contributed by atoms with Crippen LogP contribution in [0, 0.1) is 10.1 Å². The summed E-state index contributed by atoms with van der Waals surface area (Å²) in [7, 11) is 0. The predicted octanol–water partition coefficient (Wildman–Crippen LogP) is 3.44. The summed E-state index contributed by atoms with van der Waals surface area (Å²) in [5.74, 6) is 1.98. The van der Waals surface area contributed by atoms with E-state index in [1.807, 2.05) is 35.8 Å². The topological polar surface area (TPSA) is 98.0 Å². The number of hydrogen-bond acceptors (Lipinski definition) is 7. The third kappa shape index (κ3) is 5.63. The maximum atomic E-state index is 12.9. The molecule has 2 aromatic rings. The Bertz CT molecular complexity index is 930. The van der Waals surface area contributed by atoms with Gasteiger partial charge in [0.25, 0.3) is 5.69 Å². The van der Waals surface area contributed by atoms with Gasteiger partial charge in [-0.05, 0) is 37.6 Å². The van der Waals surface area contributed by atoms with Crippen molar-refractivity contribution in [2.75, 3.05) is 44.3 Å². The van der Waals surface area contributed by atoms with Crippen LogP contribution in [0.5, 0.6) is 11.5 Å². The fourth-order valence-corrected chi connectivity index (χ4v) is 3.84. The Morgan fingerprint density at radius 3 is 2.32 bits per heavy atom. The largest absolute Gasteiger partial charge is 0.490 e. The zero-order valence-corrected chi connectivity index (χ0v) is 19.1. The second-order valence-corrected chi connectivity index (χ2v) is 7.79. The van der Waals surface area contributed by atoms with E-state index in [-0.39, 0.29) is 18.0 Å². The van der Waals surface area contributed by atoms with Crippen LogP contribution in [0.1, 0.15) is 19.4 Å². The van der Waals surface area contributed by atoms with Crippen molar-refractivity contribution in [2.24, 2.45) is 0 Å². The van der Waals surface area contributed by atoms with Crippen LogP contribution >= 0.6 is 15.9 Å². The lowest BCUT2D eigenvalue weighted by Gasteiger charge is -2.35. The van der Waals surface area contributed by atoms with E-state index in [0.717, 1.165) is 10.0 Å². The van der Waals surface area contributed by atoms with E-state index < -0.39 is 4.92 Å². The molecule has 166 valence electrons. The maximum absolute atomic E-state index is 12.9. The van der Waals surface area contributed by atoms with Crippen LogP contribution in [0.25, 0.3) is 0 Å². The number of piperazine rings is 1. The first-order valence-corrected chi connectivity index (χ1v) is 10.9. The van der Waals surface area contributed by atoms with Crippen molar-refractivity contribution in [3.8, 4) is 11.5 Å². The van der Waals surface area contributed by atoms with Crippen LogP contribution < -0.4 is 14.4 Å². The van der Waals surface area contributed by atoms with Crippen LogP contribution in [0.2, 0.25) is 0 Å². The van der Waals surface area contributed by atoms with E-state index in [1.165, 1.54) is 12.3 Å². The summed E-state index contributed by atoms with van der Waals surface area (Å²) < 4.78 is 12.1. The van der Waals surface area contributed by atoms with Crippen molar-refractivity contribution < 1.29 is 19.2 Å². The van der Waals surface area contributed by atoms with Crippen molar-refractivity contribution in [3.05, 3.63) is 50.6 Å². The lowest BCUT2D eigenvalue weighted by Crippen LogP contribution is -2.49. The number of aromatic nitrogens is 1. The highest BCUT2D eigenvalue weighted by atomic mass is 79.9. The fourth-order valence-electron chi connectivity index (χ4n) is 3.38. The van der Waals surface area contributed by atoms with E-state index in [4.69, 9.17) is 9.47 Å². The number of carbonyl (C=O) groups excluding carboxylic acids is 1. The highest BCUT2D eigenvalue weighted by Crippen LogP contribution is 2.34. The lowest BCUT2D eigenvalue weighted by atomic mass is 10.1. The van der Waals surface area contributed by atoms with Gasteiger partial charge in [-0.15, -0.1) is 0 Å². The van der Waals surface area contributed by atoms with Gasteiger partial charge in [-0.25, -0.2) is 4.98 Å². The molecule has 0 bridgehead atoms. The van der Waals surface area contributed by atoms with Crippen molar-refractivity contribution in [1.29, 1.82) is 0 Å². The molecule has 0 N–H and O–H groups in total. The Kier molecular flexibility index (Phi) is 7.67. The highest BCUT2D eigenvalue weighted by molar-refractivity contribution is 9.10. The maximum Gasteiger partial charge on any atom is 0.287 e. The highest BCUT2D eigenvalue weighted by Gasteiger charge is 2.23. The Hall–Kier alpha value is -2.88. The summed E-state index contributed by atoms with van der Waals surface area (Å²) in [5, 5.41) is 10.8. The molecular weight excluding hydrogens is 468 g/mol. The molecule has 0 atom stereocenters. The minimum absolute atomic E-state index is 0.0311. The molecule has 1 aromatic heterocycles. The van der Waals surface area contributed by atoms with Crippen molar-refractivity contribution in [3.63, 3.8) is 0 Å². The summed E-state index contributed by atoms with van der Waals surface area (Å²) in [5.41, 5.74) is 0.807. The molecule has 9 nitrogen and oxygen atoms in total. The summed E-state index contributed by atoms with van der Waals surface area (Å²) >= 11 is 3.54. The zero-order valence-electron chi connectivity index (χ0n) is 17.5. The van der Waals surface area contributed by atoms with Crippen LogP contribution in [-0.2, 0) is 11.2 Å². The third-order valence-corrected chi connectivity index (χ3v) is 5.69. The minimum Gasteiger partial charge on any atom is -0.490 e. The molecule has 0 spiro atoms. The molecule has 3 rings (SSSR count). The zero-order chi connectivity index (χ0) is 22.4. The molecule has 0 radical (unpaired) electrons. The molecule has 31 heavy (non-hydrogen) atoms. The standard InChI is InChI=1S/C21H25BrN4O5/c1-3-30-18-11-15(17(22)13-19(18)31-4-2)12-21(27)25-9-7-24(8-10-25)20-6-5-16(14-23-20)26(28)29/h5-6,11,13-14H,3-4,7-10,12H2,1-2H3. The number of nitrogens with zero attached hydrogens (tertiary/aromatic N) is 4. The van der Waals surface area contributed by atoms with Gasteiger partial charge in [-0.1, -0.05) is 15.9 Å². The van der Waals surface area contributed by atoms with Crippen molar-refractivity contribution in [2.45, 2.75) is 20.3 Å². The average Bonchev–Trinajstić information content (AvgIpc) is 2.77. The molecule has 1 aliphatic heterocycles. The van der Waals surface area contributed by atoms with Crippen LogP contribution in [0.15, 0.2) is 34.9 Å². The SMILES string of the molecule is CCOc1cc(Br)c(CC(=O)N2CCN(c3ccc([N+](=O)[O-])cn3)CC2)cc1OCC. The van der Waals surface area contributed by atoms with Gasteiger partial charge in [0.05, 0.1) is 24.6 Å². The summed E-state index contributed by atoms with van der Waals surface area (Å²) in [6.45, 7) is 7.20. The first-order chi connectivity index (χ1) is 14.9. The molecule has 10 heteroatoms. The molecule has 0 saturated carbocycles. The van der Waals surface area contributed by atoms with Crippen LogP contribution in [0.3, 0.4) is 0 Å². The average molecular weight is 493 g/mol. The molecule has 1 amide bonds. The Morgan fingerprint density at radius 1 is 1.13 bits per heavy atom. The molecule has 1 saturated heterocycles. The number of anilines is 1. The normalized spacial score (nSPS) is 13.8. The second-order valence-electron chi connectivity index (χ2n) is 6.93. The second kappa shape index (κ2) is 10.4. The number of carbonyl (C=O) groups is 1. The number of ether oxygens (including phenoxy) is 2. The van der Waals surface area contributed by atoms with E-state index >= 15 is 0 Å². The number of amides is 1. The fraction of sp³-hybridized carbons (Fsp3) is 0.429. The van der Waals surface area contributed by atoms with E-state index in [9.17, 15) is 14.9 Å². The van der Waals surface area contributed by atoms with Gasteiger partial charge in [0.2, 0.25) is 5.91 Å². The first kappa shape index (κ1) is 22.8. The minimum atomic E-state index is -0.469. The van der Waals surface area contributed by atoms with Gasteiger partial charge in [0, 0.05) is 36.7 Å². The first-order valence-electron chi connectivity index (χ1n) is 10.1. The molecule has 1 aromatic carbocycles. The van der Waals surface area contributed by atoms with Crippen LogP contribution in [0.4, 0.5) is 11.5 Å². The molecular formula is C21H25BrN4O5. The predicted molar refractivity (Wildman–Crippen MR) is 120 cm³/mol. The smallest absolute Gasteiger partial charge is 0.287 e. The van der Waals surface area contributed by atoms with Crippen LogP contribution in [-0.4, -0.2) is 60.1 Å². The third-order valence-electron chi connectivity index (χ3n) is 4.95. The Morgan fingerprint density at radius 2 is 1.77 bits per heavy atom. The molecule has 1 aliphatic rings. The van der Waals surface area contributed by atoms with E-state index in [1.54, 1.807) is 6.07 Å². The monoisotopic (exact) mass is 492 g/mol. The number of hydrogen-bond donors (Lipinski definition) is 0. The number of pyridine rings is 1. The summed E-state index contributed by atoms with van der Waals surface area (Å²) in [6, 6.07) is 6.78. The number of benzene rings is 1. The summed E-state index contributed by atoms with van der Waals surface area (Å²) in [6.07, 6.45) is 1.51. The van der Waals surface area contributed by atoms with E-state index in [0.29, 0.717) is 56.7 Å². The Labute approximate surface area is 189 Å². The molecule has 2 heterocycles. The quantitative estimate of drug-likeness (QED) is 0.411. The molecule has 0 aliphatic carbocycles. The van der Waals surface area contributed by atoms with Gasteiger partial charge in [-0.3, -0.25) is 14.9 Å². The van der Waals surface area contributed by atoms with Gasteiger partial charge in [0.15, 0.2) is 11.5 Å². The lowest BCUT2D eigenvalue weighted by molar-refractivity contribution is -0.385.